The highest BCUT2D eigenvalue weighted by Gasteiger charge is 2.25. The molecule has 0 saturated carbocycles. The van der Waals surface area contributed by atoms with Gasteiger partial charge in [0.25, 0.3) is 5.91 Å². The number of nitrogens with one attached hydrogen (secondary N) is 2. The minimum Gasteiger partial charge on any atom is -0.450 e. The van der Waals surface area contributed by atoms with Gasteiger partial charge in [-0.15, -0.1) is 0 Å². The fraction of sp³-hybridized carbons (Fsp3) is 0.389. The van der Waals surface area contributed by atoms with Gasteiger partial charge in [0, 0.05) is 30.7 Å². The SMILES string of the molecule is CCOC(=O)N1CCC(NC(=O)c2c[nH]c3c(F)cccc3c2=O)CC1. The van der Waals surface area contributed by atoms with E-state index in [2.05, 4.69) is 10.3 Å². The molecular formula is C18H20FN3O4. The lowest BCUT2D eigenvalue weighted by Crippen LogP contribution is -2.47. The third-order valence-electron chi connectivity index (χ3n) is 4.46. The molecule has 8 heteroatoms. The van der Waals surface area contributed by atoms with Gasteiger partial charge in [-0.2, -0.15) is 0 Å². The Hall–Kier alpha value is -2.90. The van der Waals surface area contributed by atoms with Gasteiger partial charge in [-0.3, -0.25) is 9.59 Å². The molecular weight excluding hydrogens is 341 g/mol. The maximum absolute atomic E-state index is 13.7. The molecule has 1 aromatic heterocycles. The van der Waals surface area contributed by atoms with E-state index in [1.807, 2.05) is 0 Å². The molecule has 2 N–H and O–H groups in total. The summed E-state index contributed by atoms with van der Waals surface area (Å²) in [5.74, 6) is -1.05. The van der Waals surface area contributed by atoms with E-state index in [4.69, 9.17) is 4.74 Å². The van der Waals surface area contributed by atoms with Gasteiger partial charge < -0.3 is 19.9 Å². The average Bonchev–Trinajstić information content (AvgIpc) is 2.63. The molecule has 1 aromatic carbocycles. The highest BCUT2D eigenvalue weighted by molar-refractivity contribution is 5.97. The highest BCUT2D eigenvalue weighted by Crippen LogP contribution is 2.14. The number of hydrogen-bond acceptors (Lipinski definition) is 4. The minimum atomic E-state index is -0.544. The summed E-state index contributed by atoms with van der Waals surface area (Å²) >= 11 is 0. The number of rotatable bonds is 3. The van der Waals surface area contributed by atoms with Crippen molar-refractivity contribution >= 4 is 22.9 Å². The van der Waals surface area contributed by atoms with E-state index in [0.29, 0.717) is 32.5 Å². The zero-order chi connectivity index (χ0) is 18.7. The lowest BCUT2D eigenvalue weighted by atomic mass is 10.0. The molecule has 3 rings (SSSR count). The zero-order valence-corrected chi connectivity index (χ0v) is 14.4. The van der Waals surface area contributed by atoms with Gasteiger partial charge in [-0.05, 0) is 31.9 Å². The summed E-state index contributed by atoms with van der Waals surface area (Å²) in [5.41, 5.74) is -0.493. The van der Waals surface area contributed by atoms with Crippen molar-refractivity contribution in [2.24, 2.45) is 0 Å². The number of ether oxygens (including phenoxy) is 1. The number of nitrogens with zero attached hydrogens (tertiary/aromatic N) is 1. The van der Waals surface area contributed by atoms with E-state index in [-0.39, 0.29) is 28.6 Å². The molecule has 0 unspecified atom stereocenters. The van der Waals surface area contributed by atoms with Crippen LogP contribution in [0.3, 0.4) is 0 Å². The van der Waals surface area contributed by atoms with Crippen LogP contribution in [0.2, 0.25) is 0 Å². The molecule has 0 spiro atoms. The Kier molecular flexibility index (Phi) is 5.20. The second-order valence-corrected chi connectivity index (χ2v) is 6.13. The van der Waals surface area contributed by atoms with Crippen LogP contribution in [0.1, 0.15) is 30.1 Å². The van der Waals surface area contributed by atoms with Crippen LogP contribution in [0, 0.1) is 5.82 Å². The number of halogens is 1. The Morgan fingerprint density at radius 3 is 2.77 bits per heavy atom. The monoisotopic (exact) mass is 361 g/mol. The quantitative estimate of drug-likeness (QED) is 0.875. The summed E-state index contributed by atoms with van der Waals surface area (Å²) in [4.78, 5) is 40.9. The molecule has 1 saturated heterocycles. The van der Waals surface area contributed by atoms with Crippen LogP contribution < -0.4 is 10.7 Å². The maximum Gasteiger partial charge on any atom is 0.409 e. The number of aromatic amines is 1. The Morgan fingerprint density at radius 1 is 1.35 bits per heavy atom. The number of H-pyrrole nitrogens is 1. The smallest absolute Gasteiger partial charge is 0.409 e. The summed E-state index contributed by atoms with van der Waals surface area (Å²) in [6, 6.07) is 4.01. The number of carbonyl (C=O) groups is 2. The van der Waals surface area contributed by atoms with Crippen molar-refractivity contribution in [3.8, 4) is 0 Å². The molecule has 26 heavy (non-hydrogen) atoms. The molecule has 0 bridgehead atoms. The molecule has 7 nitrogen and oxygen atoms in total. The van der Waals surface area contributed by atoms with Gasteiger partial charge in [0.15, 0.2) is 0 Å². The van der Waals surface area contributed by atoms with Crippen LogP contribution in [-0.4, -0.2) is 47.6 Å². The van der Waals surface area contributed by atoms with Crippen LogP contribution in [0.5, 0.6) is 0 Å². The van der Waals surface area contributed by atoms with E-state index < -0.39 is 17.2 Å². The van der Waals surface area contributed by atoms with Crippen molar-refractivity contribution in [2.45, 2.75) is 25.8 Å². The van der Waals surface area contributed by atoms with E-state index in [1.165, 1.54) is 24.4 Å². The molecule has 2 amide bonds. The van der Waals surface area contributed by atoms with Crippen LogP contribution >= 0.6 is 0 Å². The van der Waals surface area contributed by atoms with Crippen molar-refractivity contribution in [2.75, 3.05) is 19.7 Å². The van der Waals surface area contributed by atoms with E-state index in [9.17, 15) is 18.8 Å². The normalized spacial score (nSPS) is 15.1. The van der Waals surface area contributed by atoms with Crippen molar-refractivity contribution < 1.29 is 18.7 Å². The first-order valence-electron chi connectivity index (χ1n) is 8.53. The molecule has 0 atom stereocenters. The molecule has 1 aliphatic heterocycles. The fourth-order valence-corrected chi connectivity index (χ4v) is 3.07. The lowest BCUT2D eigenvalue weighted by molar-refractivity contribution is 0.0859. The van der Waals surface area contributed by atoms with Crippen LogP contribution in [0.25, 0.3) is 10.9 Å². The Morgan fingerprint density at radius 2 is 2.08 bits per heavy atom. The number of aromatic nitrogens is 1. The number of benzene rings is 1. The number of piperidine rings is 1. The molecule has 2 heterocycles. The summed E-state index contributed by atoms with van der Waals surface area (Å²) < 4.78 is 18.7. The van der Waals surface area contributed by atoms with Crippen molar-refractivity contribution in [1.82, 2.24) is 15.2 Å². The van der Waals surface area contributed by atoms with E-state index in [0.717, 1.165) is 0 Å². The number of hydrogen-bond donors (Lipinski definition) is 2. The van der Waals surface area contributed by atoms with Crippen molar-refractivity contribution in [3.63, 3.8) is 0 Å². The fourth-order valence-electron chi connectivity index (χ4n) is 3.07. The third-order valence-corrected chi connectivity index (χ3v) is 4.46. The van der Waals surface area contributed by atoms with Gasteiger partial charge in [-0.1, -0.05) is 6.07 Å². The zero-order valence-electron chi connectivity index (χ0n) is 14.4. The van der Waals surface area contributed by atoms with Gasteiger partial charge in [0.2, 0.25) is 5.43 Å². The number of fused-ring (bicyclic) bond motifs is 1. The van der Waals surface area contributed by atoms with Crippen LogP contribution in [-0.2, 0) is 4.74 Å². The summed E-state index contributed by atoms with van der Waals surface area (Å²) in [5, 5.41) is 2.95. The first-order valence-corrected chi connectivity index (χ1v) is 8.53. The molecule has 0 radical (unpaired) electrons. The Bertz CT molecular complexity index is 888. The third kappa shape index (κ3) is 3.54. The number of likely N-dealkylation sites (tertiary alicyclic amines) is 1. The van der Waals surface area contributed by atoms with Crippen molar-refractivity contribution in [1.29, 1.82) is 0 Å². The predicted molar refractivity (Wildman–Crippen MR) is 93.6 cm³/mol. The highest BCUT2D eigenvalue weighted by atomic mass is 19.1. The molecule has 1 fully saturated rings. The summed E-state index contributed by atoms with van der Waals surface area (Å²) in [7, 11) is 0. The largest absolute Gasteiger partial charge is 0.450 e. The summed E-state index contributed by atoms with van der Waals surface area (Å²) in [6.07, 6.45) is 2.02. The molecule has 0 aliphatic carbocycles. The second kappa shape index (κ2) is 7.55. The maximum atomic E-state index is 13.7. The average molecular weight is 361 g/mol. The molecule has 138 valence electrons. The number of pyridine rings is 1. The Labute approximate surface area is 149 Å². The number of amides is 2. The van der Waals surface area contributed by atoms with Crippen LogP contribution in [0.4, 0.5) is 9.18 Å². The van der Waals surface area contributed by atoms with Gasteiger partial charge in [0.1, 0.15) is 11.4 Å². The van der Waals surface area contributed by atoms with Crippen molar-refractivity contribution in [3.05, 3.63) is 46.0 Å². The number of para-hydroxylation sites is 1. The predicted octanol–water partition coefficient (Wildman–Crippen LogP) is 2.02. The van der Waals surface area contributed by atoms with Crippen LogP contribution in [0.15, 0.2) is 29.2 Å². The second-order valence-electron chi connectivity index (χ2n) is 6.13. The summed E-state index contributed by atoms with van der Waals surface area (Å²) in [6.45, 7) is 3.02. The Balaban J connectivity index is 1.68. The van der Waals surface area contributed by atoms with E-state index >= 15 is 0 Å². The molecule has 2 aromatic rings. The number of carbonyl (C=O) groups excluding carboxylic acids is 2. The minimum absolute atomic E-state index is 0.0593. The lowest BCUT2D eigenvalue weighted by Gasteiger charge is -2.31. The first kappa shape index (κ1) is 17.9. The molecule has 1 aliphatic rings. The van der Waals surface area contributed by atoms with Gasteiger partial charge >= 0.3 is 6.09 Å². The topological polar surface area (TPSA) is 91.5 Å². The van der Waals surface area contributed by atoms with Gasteiger partial charge in [-0.25, -0.2) is 9.18 Å². The van der Waals surface area contributed by atoms with E-state index in [1.54, 1.807) is 11.8 Å². The first-order chi connectivity index (χ1) is 12.5. The van der Waals surface area contributed by atoms with Gasteiger partial charge in [0.05, 0.1) is 12.1 Å². The standard InChI is InChI=1S/C18H20FN3O4/c1-2-26-18(25)22-8-6-11(7-9-22)21-17(24)13-10-20-15-12(16(13)23)4-3-5-14(15)19/h3-5,10-11H,2,6-9H2,1H3,(H,20,23)(H,21,24).